The van der Waals surface area contributed by atoms with Crippen molar-refractivity contribution in [2.45, 2.75) is 38.8 Å². The van der Waals surface area contributed by atoms with Gasteiger partial charge in [0.1, 0.15) is 0 Å². The predicted octanol–water partition coefficient (Wildman–Crippen LogP) is 1.15. The molecule has 1 aliphatic rings. The molecule has 0 spiro atoms. The van der Waals surface area contributed by atoms with E-state index in [-0.39, 0.29) is 18.1 Å². The summed E-state index contributed by atoms with van der Waals surface area (Å²) in [6.45, 7) is 4.28. The molecular weight excluding hydrogens is 170 g/mol. The van der Waals surface area contributed by atoms with E-state index in [1.54, 1.807) is 0 Å². The molecule has 0 aromatic rings. The van der Waals surface area contributed by atoms with Gasteiger partial charge in [0.25, 0.3) is 0 Å². The number of hydrogen-bond acceptors (Lipinski definition) is 2. The monoisotopic (exact) mass is 187 g/mol. The molecule has 4 heteroatoms. The maximum Gasteiger partial charge on any atom is 0.407 e. The average molecular weight is 187 g/mol. The predicted molar refractivity (Wildman–Crippen MR) is 48.6 cm³/mol. The Morgan fingerprint density at radius 1 is 1.62 bits per heavy atom. The maximum absolute atomic E-state index is 10.8. The van der Waals surface area contributed by atoms with Crippen molar-refractivity contribution < 1.29 is 15.0 Å². The molecule has 0 bridgehead atoms. The second-order valence-electron chi connectivity index (χ2n) is 3.76. The van der Waals surface area contributed by atoms with Gasteiger partial charge in [0, 0.05) is 18.5 Å². The zero-order chi connectivity index (χ0) is 10.0. The van der Waals surface area contributed by atoms with Crippen molar-refractivity contribution in [3.05, 3.63) is 0 Å². The Hall–Kier alpha value is -0.770. The van der Waals surface area contributed by atoms with E-state index in [4.69, 9.17) is 5.11 Å². The number of aliphatic hydroxyl groups is 1. The van der Waals surface area contributed by atoms with E-state index in [0.717, 1.165) is 6.42 Å². The second kappa shape index (κ2) is 3.96. The molecule has 0 aromatic heterocycles. The highest BCUT2D eigenvalue weighted by Crippen LogP contribution is 2.24. The summed E-state index contributed by atoms with van der Waals surface area (Å²) in [7, 11) is 0. The van der Waals surface area contributed by atoms with Crippen LogP contribution in [0.4, 0.5) is 4.79 Å². The molecule has 0 aromatic carbocycles. The van der Waals surface area contributed by atoms with Crippen LogP contribution in [0.25, 0.3) is 0 Å². The van der Waals surface area contributed by atoms with Crippen LogP contribution in [0, 0.1) is 5.92 Å². The van der Waals surface area contributed by atoms with Crippen LogP contribution in [0.15, 0.2) is 0 Å². The average Bonchev–Trinajstić information content (AvgIpc) is 2.03. The Balaban J connectivity index is 2.63. The minimum absolute atomic E-state index is 0.0599. The van der Waals surface area contributed by atoms with Crippen molar-refractivity contribution in [3.63, 3.8) is 0 Å². The number of aliphatic hydroxyl groups excluding tert-OH is 1. The fourth-order valence-corrected chi connectivity index (χ4v) is 1.89. The topological polar surface area (TPSA) is 60.8 Å². The second-order valence-corrected chi connectivity index (χ2v) is 3.76. The molecule has 0 aliphatic carbocycles. The molecule has 1 amide bonds. The standard InChI is InChI=1S/C9H17NO3/c1-3-7-5-10(9(12)13)6(2)4-8(7)11/h6-8,11H,3-5H2,1-2H3,(H,12,13)/t6-,7-,8-/m1/s1. The van der Waals surface area contributed by atoms with E-state index in [9.17, 15) is 9.90 Å². The summed E-state index contributed by atoms with van der Waals surface area (Å²) in [6.07, 6.45) is 0.177. The normalized spacial score (nSPS) is 34.7. The quantitative estimate of drug-likeness (QED) is 0.647. The third-order valence-electron chi connectivity index (χ3n) is 2.86. The SMILES string of the molecule is CC[C@@H]1CN(C(=O)O)[C@H](C)C[C@H]1O. The number of carboxylic acid groups (broad SMARTS) is 1. The Bertz CT molecular complexity index is 195. The van der Waals surface area contributed by atoms with Gasteiger partial charge < -0.3 is 15.1 Å². The van der Waals surface area contributed by atoms with E-state index in [0.29, 0.717) is 13.0 Å². The lowest BCUT2D eigenvalue weighted by atomic mass is 9.89. The van der Waals surface area contributed by atoms with Gasteiger partial charge in [-0.3, -0.25) is 0 Å². The van der Waals surface area contributed by atoms with Gasteiger partial charge in [0.05, 0.1) is 6.10 Å². The van der Waals surface area contributed by atoms with Crippen molar-refractivity contribution in [1.29, 1.82) is 0 Å². The molecule has 1 fully saturated rings. The molecule has 3 atom stereocenters. The molecule has 1 heterocycles. The molecule has 0 unspecified atom stereocenters. The van der Waals surface area contributed by atoms with Crippen LogP contribution in [0.2, 0.25) is 0 Å². The van der Waals surface area contributed by atoms with Crippen molar-refractivity contribution in [2.24, 2.45) is 5.92 Å². The van der Waals surface area contributed by atoms with E-state index < -0.39 is 6.09 Å². The van der Waals surface area contributed by atoms with Gasteiger partial charge >= 0.3 is 6.09 Å². The highest BCUT2D eigenvalue weighted by Gasteiger charge is 2.33. The number of likely N-dealkylation sites (tertiary alicyclic amines) is 1. The minimum atomic E-state index is -0.877. The van der Waals surface area contributed by atoms with Crippen LogP contribution >= 0.6 is 0 Å². The molecule has 2 N–H and O–H groups in total. The van der Waals surface area contributed by atoms with Crippen molar-refractivity contribution >= 4 is 6.09 Å². The first kappa shape index (κ1) is 10.3. The highest BCUT2D eigenvalue weighted by molar-refractivity contribution is 5.65. The number of hydrogen-bond donors (Lipinski definition) is 2. The Labute approximate surface area is 78.2 Å². The lowest BCUT2D eigenvalue weighted by Crippen LogP contribution is -2.50. The maximum atomic E-state index is 10.8. The Morgan fingerprint density at radius 2 is 2.23 bits per heavy atom. The molecule has 13 heavy (non-hydrogen) atoms. The van der Waals surface area contributed by atoms with E-state index in [2.05, 4.69) is 0 Å². The largest absolute Gasteiger partial charge is 0.465 e. The van der Waals surface area contributed by atoms with Crippen molar-refractivity contribution in [1.82, 2.24) is 4.90 Å². The van der Waals surface area contributed by atoms with Gasteiger partial charge in [-0.05, 0) is 19.8 Å². The van der Waals surface area contributed by atoms with Gasteiger partial charge in [-0.2, -0.15) is 0 Å². The third kappa shape index (κ3) is 2.12. The fraction of sp³-hybridized carbons (Fsp3) is 0.889. The van der Waals surface area contributed by atoms with E-state index in [1.165, 1.54) is 4.90 Å². The van der Waals surface area contributed by atoms with Gasteiger partial charge in [-0.1, -0.05) is 6.92 Å². The summed E-state index contributed by atoms with van der Waals surface area (Å²) in [5.74, 6) is 0.104. The van der Waals surface area contributed by atoms with E-state index in [1.807, 2.05) is 13.8 Å². The van der Waals surface area contributed by atoms with Gasteiger partial charge in [0.2, 0.25) is 0 Å². The molecule has 0 radical (unpaired) electrons. The lowest BCUT2D eigenvalue weighted by molar-refractivity contribution is 0.00345. The molecule has 0 saturated carbocycles. The summed E-state index contributed by atoms with van der Waals surface area (Å²) < 4.78 is 0. The van der Waals surface area contributed by atoms with E-state index >= 15 is 0 Å². The van der Waals surface area contributed by atoms with Crippen molar-refractivity contribution in [2.75, 3.05) is 6.54 Å². The van der Waals surface area contributed by atoms with Crippen LogP contribution in [-0.2, 0) is 0 Å². The summed E-state index contributed by atoms with van der Waals surface area (Å²) in [5.41, 5.74) is 0. The summed E-state index contributed by atoms with van der Waals surface area (Å²) in [5, 5.41) is 18.5. The molecule has 1 saturated heterocycles. The van der Waals surface area contributed by atoms with Crippen LogP contribution in [0.1, 0.15) is 26.7 Å². The number of piperidine rings is 1. The van der Waals surface area contributed by atoms with Gasteiger partial charge in [0.15, 0.2) is 0 Å². The lowest BCUT2D eigenvalue weighted by Gasteiger charge is -2.38. The molecule has 1 aliphatic heterocycles. The van der Waals surface area contributed by atoms with Gasteiger partial charge in [-0.25, -0.2) is 4.79 Å². The Morgan fingerprint density at radius 3 is 2.69 bits per heavy atom. The number of carbonyl (C=O) groups is 1. The first-order chi connectivity index (χ1) is 6.06. The zero-order valence-electron chi connectivity index (χ0n) is 8.10. The Kier molecular flexibility index (Phi) is 3.14. The van der Waals surface area contributed by atoms with Gasteiger partial charge in [-0.15, -0.1) is 0 Å². The van der Waals surface area contributed by atoms with Crippen LogP contribution < -0.4 is 0 Å². The third-order valence-corrected chi connectivity index (χ3v) is 2.86. The molecule has 1 rings (SSSR count). The number of amides is 1. The highest BCUT2D eigenvalue weighted by atomic mass is 16.4. The van der Waals surface area contributed by atoms with Crippen molar-refractivity contribution in [3.8, 4) is 0 Å². The summed E-state index contributed by atoms with van der Waals surface area (Å²) in [4.78, 5) is 12.2. The van der Waals surface area contributed by atoms with Crippen LogP contribution in [-0.4, -0.2) is 39.9 Å². The smallest absolute Gasteiger partial charge is 0.407 e. The zero-order valence-corrected chi connectivity index (χ0v) is 8.10. The fourth-order valence-electron chi connectivity index (χ4n) is 1.89. The number of nitrogens with zero attached hydrogens (tertiary/aromatic N) is 1. The molecule has 4 nitrogen and oxygen atoms in total. The van der Waals surface area contributed by atoms with Crippen LogP contribution in [0.3, 0.4) is 0 Å². The molecule has 76 valence electrons. The first-order valence-electron chi connectivity index (χ1n) is 4.73. The number of rotatable bonds is 1. The van der Waals surface area contributed by atoms with Crippen LogP contribution in [0.5, 0.6) is 0 Å². The minimum Gasteiger partial charge on any atom is -0.465 e. The first-order valence-corrected chi connectivity index (χ1v) is 4.73. The molecular formula is C9H17NO3. The summed E-state index contributed by atoms with van der Waals surface area (Å²) >= 11 is 0. The summed E-state index contributed by atoms with van der Waals surface area (Å²) in [6, 6.07) is -0.0599.